The number of carbonyl (C=O) groups excluding carboxylic acids is 2. The number of hydrogen-bond donors (Lipinski definition) is 3. The quantitative estimate of drug-likeness (QED) is 0.237. The highest BCUT2D eigenvalue weighted by Crippen LogP contribution is 2.50. The molecule has 1 unspecified atom stereocenters. The number of carbonyl (C=O) groups is 2. The average Bonchev–Trinajstić information content (AvgIpc) is 3.94. The molecule has 2 saturated carbocycles. The standard InChI is InChI=1S/C32H31Cl2N5O5/c1-31(30(35)41)15-44-28-23(31)12-25(37-27(28)16-8-20(33)11-21(34)9-16)32(42,19-3-4-19)14-36-29(40)17-7-18-13-39(22-5-6-22)38-26(18)24(10-17)43-2/h7-13,19,22,42H,3-6,14-15H2,1-2H3,(H2,35,41)(H,36,40)/t31-,32?/m0/s1. The lowest BCUT2D eigenvalue weighted by atomic mass is 9.81. The number of benzene rings is 2. The number of aromatic nitrogens is 3. The van der Waals surface area contributed by atoms with E-state index in [1.54, 1.807) is 50.4 Å². The molecule has 3 aliphatic rings. The molecule has 0 spiro atoms. The molecule has 0 saturated heterocycles. The zero-order valence-electron chi connectivity index (χ0n) is 24.2. The molecule has 2 aliphatic carbocycles. The molecule has 12 heteroatoms. The second kappa shape index (κ2) is 10.4. The van der Waals surface area contributed by atoms with E-state index in [2.05, 4.69) is 10.4 Å². The number of methoxy groups -OCH3 is 1. The van der Waals surface area contributed by atoms with Gasteiger partial charge in [0, 0.05) is 38.3 Å². The summed E-state index contributed by atoms with van der Waals surface area (Å²) >= 11 is 12.7. The molecule has 0 radical (unpaired) electrons. The van der Waals surface area contributed by atoms with Crippen LogP contribution in [0.25, 0.3) is 22.2 Å². The molecule has 1 aliphatic heterocycles. The number of halogens is 2. The van der Waals surface area contributed by atoms with E-state index in [1.807, 2.05) is 10.9 Å². The van der Waals surface area contributed by atoms with Crippen LogP contribution in [0.15, 0.2) is 42.6 Å². The fourth-order valence-electron chi connectivity index (χ4n) is 5.95. The molecule has 0 bridgehead atoms. The number of hydrogen-bond acceptors (Lipinski definition) is 7. The van der Waals surface area contributed by atoms with Crippen LogP contribution in [0.2, 0.25) is 10.0 Å². The van der Waals surface area contributed by atoms with Crippen molar-refractivity contribution in [3.05, 3.63) is 69.5 Å². The van der Waals surface area contributed by atoms with Gasteiger partial charge in [-0.1, -0.05) is 23.2 Å². The summed E-state index contributed by atoms with van der Waals surface area (Å²) in [4.78, 5) is 31.1. The Morgan fingerprint density at radius 2 is 1.89 bits per heavy atom. The SMILES string of the molecule is COc1cc(C(=O)NCC(O)(c2cc3c(c(-c4cc(Cl)cc(Cl)c4)n2)OC[C@]3(C)C(N)=O)C2CC2)cc2cn(C3CC3)nc12. The van der Waals surface area contributed by atoms with E-state index >= 15 is 0 Å². The number of pyridine rings is 1. The van der Waals surface area contributed by atoms with Gasteiger partial charge in [0.15, 0.2) is 0 Å². The van der Waals surface area contributed by atoms with Crippen LogP contribution in [0.5, 0.6) is 11.5 Å². The van der Waals surface area contributed by atoms with E-state index < -0.39 is 16.9 Å². The molecule has 2 fully saturated rings. The summed E-state index contributed by atoms with van der Waals surface area (Å²) < 4.78 is 13.5. The van der Waals surface area contributed by atoms with Crippen LogP contribution in [0, 0.1) is 5.92 Å². The topological polar surface area (TPSA) is 142 Å². The fourth-order valence-corrected chi connectivity index (χ4v) is 6.48. The minimum atomic E-state index is -1.55. The second-order valence-electron chi connectivity index (χ2n) is 12.2. The maximum absolute atomic E-state index is 13.5. The molecular formula is C32H31Cl2N5O5. The predicted molar refractivity (Wildman–Crippen MR) is 165 cm³/mol. The Labute approximate surface area is 263 Å². The van der Waals surface area contributed by atoms with Gasteiger partial charge in [0.05, 0.1) is 25.4 Å². The lowest BCUT2D eigenvalue weighted by molar-refractivity contribution is -0.123. The monoisotopic (exact) mass is 635 g/mol. The first-order valence-electron chi connectivity index (χ1n) is 14.5. The lowest BCUT2D eigenvalue weighted by Crippen LogP contribution is -2.44. The third kappa shape index (κ3) is 4.85. The third-order valence-corrected chi connectivity index (χ3v) is 9.40. The van der Waals surface area contributed by atoms with Gasteiger partial charge in [0.1, 0.15) is 40.3 Å². The summed E-state index contributed by atoms with van der Waals surface area (Å²) in [5, 5.41) is 21.4. The molecule has 7 rings (SSSR count). The van der Waals surface area contributed by atoms with Crippen molar-refractivity contribution in [2.24, 2.45) is 11.7 Å². The zero-order valence-corrected chi connectivity index (χ0v) is 25.7. The number of primary amides is 1. The Kier molecular flexibility index (Phi) is 6.80. The van der Waals surface area contributed by atoms with Gasteiger partial charge in [-0.25, -0.2) is 4.98 Å². The zero-order chi connectivity index (χ0) is 31.0. The average molecular weight is 637 g/mol. The number of fused-ring (bicyclic) bond motifs is 2. The molecule has 44 heavy (non-hydrogen) atoms. The van der Waals surface area contributed by atoms with Crippen LogP contribution in [-0.4, -0.2) is 51.9 Å². The van der Waals surface area contributed by atoms with Crippen LogP contribution >= 0.6 is 23.2 Å². The first-order chi connectivity index (χ1) is 21.0. The highest BCUT2D eigenvalue weighted by molar-refractivity contribution is 6.35. The number of amides is 2. The maximum Gasteiger partial charge on any atom is 0.251 e. The Morgan fingerprint density at radius 1 is 1.16 bits per heavy atom. The Balaban J connectivity index is 1.26. The summed E-state index contributed by atoms with van der Waals surface area (Å²) in [5.74, 6) is -0.235. The van der Waals surface area contributed by atoms with Crippen LogP contribution < -0.4 is 20.5 Å². The highest BCUT2D eigenvalue weighted by Gasteiger charge is 2.50. The number of aliphatic hydroxyl groups is 1. The van der Waals surface area contributed by atoms with Gasteiger partial charge in [-0.2, -0.15) is 5.10 Å². The Morgan fingerprint density at radius 3 is 2.52 bits per heavy atom. The van der Waals surface area contributed by atoms with Gasteiger partial charge in [0.25, 0.3) is 5.91 Å². The van der Waals surface area contributed by atoms with Gasteiger partial charge in [0.2, 0.25) is 5.91 Å². The van der Waals surface area contributed by atoms with E-state index in [0.717, 1.165) is 31.1 Å². The number of rotatable bonds is 9. The van der Waals surface area contributed by atoms with Crippen molar-refractivity contribution in [2.75, 3.05) is 20.3 Å². The fraction of sp³-hybridized carbons (Fsp3) is 0.375. The number of ether oxygens (including phenoxy) is 2. The number of nitrogens with zero attached hydrogens (tertiary/aromatic N) is 3. The lowest BCUT2D eigenvalue weighted by Gasteiger charge is -2.30. The normalized spacial score (nSPS) is 20.6. The van der Waals surface area contributed by atoms with Crippen molar-refractivity contribution in [1.29, 1.82) is 0 Å². The van der Waals surface area contributed by atoms with E-state index in [0.29, 0.717) is 61.2 Å². The van der Waals surface area contributed by atoms with E-state index in [9.17, 15) is 14.7 Å². The molecule has 10 nitrogen and oxygen atoms in total. The number of nitrogens with one attached hydrogen (secondary N) is 1. The maximum atomic E-state index is 13.5. The first kappa shape index (κ1) is 28.9. The van der Waals surface area contributed by atoms with Crippen molar-refractivity contribution < 1.29 is 24.2 Å². The van der Waals surface area contributed by atoms with Crippen LogP contribution in [0.1, 0.15) is 60.3 Å². The van der Waals surface area contributed by atoms with Crippen LogP contribution in [0.4, 0.5) is 0 Å². The molecule has 4 N–H and O–H groups in total. The van der Waals surface area contributed by atoms with Gasteiger partial charge in [-0.05, 0) is 74.9 Å². The van der Waals surface area contributed by atoms with Crippen LogP contribution in [0.3, 0.4) is 0 Å². The molecule has 2 atom stereocenters. The highest BCUT2D eigenvalue weighted by atomic mass is 35.5. The molecule has 228 valence electrons. The van der Waals surface area contributed by atoms with Crippen molar-refractivity contribution in [3.8, 4) is 22.8 Å². The van der Waals surface area contributed by atoms with E-state index in [1.165, 1.54) is 0 Å². The summed E-state index contributed by atoms with van der Waals surface area (Å²) in [6.07, 6.45) is 5.58. The van der Waals surface area contributed by atoms with Crippen molar-refractivity contribution >= 4 is 45.9 Å². The molecule has 3 heterocycles. The van der Waals surface area contributed by atoms with E-state index in [4.69, 9.17) is 43.4 Å². The van der Waals surface area contributed by atoms with Crippen molar-refractivity contribution in [3.63, 3.8) is 0 Å². The van der Waals surface area contributed by atoms with Gasteiger partial charge in [-0.15, -0.1) is 0 Å². The molecular weight excluding hydrogens is 605 g/mol. The summed E-state index contributed by atoms with van der Waals surface area (Å²) in [5.41, 5.74) is 5.95. The third-order valence-electron chi connectivity index (χ3n) is 8.96. The van der Waals surface area contributed by atoms with E-state index in [-0.39, 0.29) is 25.0 Å². The summed E-state index contributed by atoms with van der Waals surface area (Å²) in [6.45, 7) is 1.60. The molecule has 2 aromatic carbocycles. The minimum absolute atomic E-state index is 0.0182. The molecule has 2 aromatic heterocycles. The largest absolute Gasteiger partial charge is 0.494 e. The molecule has 4 aromatic rings. The molecule has 2 amide bonds. The summed E-state index contributed by atoms with van der Waals surface area (Å²) in [7, 11) is 1.55. The van der Waals surface area contributed by atoms with Crippen LogP contribution in [-0.2, 0) is 15.8 Å². The Bertz CT molecular complexity index is 1830. The van der Waals surface area contributed by atoms with Crippen molar-refractivity contribution in [2.45, 2.75) is 49.7 Å². The van der Waals surface area contributed by atoms with Gasteiger partial charge in [-0.3, -0.25) is 14.3 Å². The second-order valence-corrected chi connectivity index (χ2v) is 13.1. The Hall–Kier alpha value is -3.86. The smallest absolute Gasteiger partial charge is 0.251 e. The summed E-state index contributed by atoms with van der Waals surface area (Å²) in [6, 6.07) is 10.5. The first-order valence-corrected chi connectivity index (χ1v) is 15.3. The number of nitrogens with two attached hydrogens (primary N) is 1. The van der Waals surface area contributed by atoms with Gasteiger partial charge >= 0.3 is 0 Å². The minimum Gasteiger partial charge on any atom is -0.494 e. The van der Waals surface area contributed by atoms with Gasteiger partial charge < -0.3 is 25.6 Å². The van der Waals surface area contributed by atoms with Crippen molar-refractivity contribution in [1.82, 2.24) is 20.1 Å². The predicted octanol–water partition coefficient (Wildman–Crippen LogP) is 4.91.